The third kappa shape index (κ3) is 3.54. The predicted molar refractivity (Wildman–Crippen MR) is 55.1 cm³/mol. The number of amides is 2. The highest BCUT2D eigenvalue weighted by molar-refractivity contribution is 5.74. The van der Waals surface area contributed by atoms with Crippen LogP contribution in [0.5, 0.6) is 0 Å². The second kappa shape index (κ2) is 5.20. The number of urea groups is 1. The monoisotopic (exact) mass is 200 g/mol. The molecular weight excluding hydrogens is 180 g/mol. The van der Waals surface area contributed by atoms with E-state index in [2.05, 4.69) is 19.2 Å². The van der Waals surface area contributed by atoms with E-state index >= 15 is 0 Å². The summed E-state index contributed by atoms with van der Waals surface area (Å²) >= 11 is 0. The molecule has 14 heavy (non-hydrogen) atoms. The summed E-state index contributed by atoms with van der Waals surface area (Å²) in [5.41, 5.74) is 0. The first-order chi connectivity index (χ1) is 6.59. The van der Waals surface area contributed by atoms with Crippen LogP contribution in [0.1, 0.15) is 26.7 Å². The van der Waals surface area contributed by atoms with Gasteiger partial charge in [-0.3, -0.25) is 0 Å². The molecule has 0 aromatic heterocycles. The zero-order valence-electron chi connectivity index (χ0n) is 8.99. The van der Waals surface area contributed by atoms with Gasteiger partial charge >= 0.3 is 6.03 Å². The van der Waals surface area contributed by atoms with E-state index in [-0.39, 0.29) is 12.1 Å². The van der Waals surface area contributed by atoms with Gasteiger partial charge in [-0.1, -0.05) is 13.8 Å². The quantitative estimate of drug-likeness (QED) is 0.693. The number of hydrogen-bond acceptors (Lipinski definition) is 2. The van der Waals surface area contributed by atoms with Crippen LogP contribution in [-0.4, -0.2) is 41.8 Å². The zero-order valence-corrected chi connectivity index (χ0v) is 8.99. The van der Waals surface area contributed by atoms with E-state index in [1.165, 1.54) is 0 Å². The number of carbonyl (C=O) groups excluding carboxylic acids is 1. The maximum Gasteiger partial charge on any atom is 0.317 e. The van der Waals surface area contributed by atoms with Gasteiger partial charge in [-0.2, -0.15) is 0 Å². The summed E-state index contributed by atoms with van der Waals surface area (Å²) in [6, 6.07) is -0.0440. The van der Waals surface area contributed by atoms with E-state index in [4.69, 9.17) is 0 Å². The lowest BCUT2D eigenvalue weighted by atomic mass is 10.1. The number of aliphatic hydroxyl groups excluding tert-OH is 1. The lowest BCUT2D eigenvalue weighted by Crippen LogP contribution is -2.47. The number of nitrogens with one attached hydrogen (secondary N) is 1. The van der Waals surface area contributed by atoms with Gasteiger partial charge in [-0.15, -0.1) is 0 Å². The van der Waals surface area contributed by atoms with Crippen LogP contribution in [0.2, 0.25) is 0 Å². The number of hydrogen-bond donors (Lipinski definition) is 2. The van der Waals surface area contributed by atoms with Crippen molar-refractivity contribution in [3.63, 3.8) is 0 Å². The Labute approximate surface area is 85.3 Å². The normalized spacial score (nSPS) is 22.6. The zero-order chi connectivity index (χ0) is 10.6. The largest absolute Gasteiger partial charge is 0.391 e. The van der Waals surface area contributed by atoms with Gasteiger partial charge in [0.2, 0.25) is 0 Å². The molecule has 1 fully saturated rings. The molecule has 0 radical (unpaired) electrons. The van der Waals surface area contributed by atoms with Gasteiger partial charge in [0.25, 0.3) is 0 Å². The minimum absolute atomic E-state index is 0.0440. The summed E-state index contributed by atoms with van der Waals surface area (Å²) in [4.78, 5) is 13.2. The Kier molecular flexibility index (Phi) is 4.20. The molecule has 0 aliphatic carbocycles. The van der Waals surface area contributed by atoms with Crippen molar-refractivity contribution in [1.29, 1.82) is 0 Å². The van der Waals surface area contributed by atoms with Gasteiger partial charge in [-0.25, -0.2) is 4.79 Å². The highest BCUT2D eigenvalue weighted by Gasteiger charge is 2.21. The average molecular weight is 200 g/mol. The molecule has 1 heterocycles. The molecule has 0 aromatic rings. The standard InChI is InChI=1S/C10H20N2O2/c1-8(2)6-11-10(14)12-5-3-4-9(13)7-12/h8-9,13H,3-7H2,1-2H3,(H,11,14). The third-order valence-corrected chi connectivity index (χ3v) is 2.35. The second-order valence-corrected chi connectivity index (χ2v) is 4.32. The van der Waals surface area contributed by atoms with Crippen molar-refractivity contribution >= 4 is 6.03 Å². The lowest BCUT2D eigenvalue weighted by Gasteiger charge is -2.30. The molecule has 82 valence electrons. The molecule has 1 aliphatic heterocycles. The summed E-state index contributed by atoms with van der Waals surface area (Å²) in [5.74, 6) is 0.466. The van der Waals surface area contributed by atoms with Crippen molar-refractivity contribution in [2.24, 2.45) is 5.92 Å². The van der Waals surface area contributed by atoms with Crippen LogP contribution in [-0.2, 0) is 0 Å². The summed E-state index contributed by atoms with van der Waals surface area (Å²) < 4.78 is 0. The van der Waals surface area contributed by atoms with E-state index in [1.807, 2.05) is 0 Å². The van der Waals surface area contributed by atoms with Crippen molar-refractivity contribution in [2.45, 2.75) is 32.8 Å². The number of rotatable bonds is 2. The summed E-state index contributed by atoms with van der Waals surface area (Å²) in [6.07, 6.45) is 1.37. The van der Waals surface area contributed by atoms with Gasteiger partial charge in [0.15, 0.2) is 0 Å². The molecule has 1 aliphatic rings. The maximum atomic E-state index is 11.6. The fourth-order valence-electron chi connectivity index (χ4n) is 1.54. The average Bonchev–Trinajstić information content (AvgIpc) is 2.14. The molecular formula is C10H20N2O2. The SMILES string of the molecule is CC(C)CNC(=O)N1CCCC(O)C1. The van der Waals surface area contributed by atoms with E-state index in [0.29, 0.717) is 19.0 Å². The highest BCUT2D eigenvalue weighted by Crippen LogP contribution is 2.09. The molecule has 0 bridgehead atoms. The molecule has 0 spiro atoms. The van der Waals surface area contributed by atoms with Crippen LogP contribution < -0.4 is 5.32 Å². The van der Waals surface area contributed by atoms with Crippen molar-refractivity contribution in [1.82, 2.24) is 10.2 Å². The van der Waals surface area contributed by atoms with Crippen LogP contribution in [0.3, 0.4) is 0 Å². The molecule has 0 aromatic carbocycles. The molecule has 1 saturated heterocycles. The van der Waals surface area contributed by atoms with Gasteiger partial charge in [0, 0.05) is 19.6 Å². The smallest absolute Gasteiger partial charge is 0.317 e. The van der Waals surface area contributed by atoms with Gasteiger partial charge in [0.05, 0.1) is 6.10 Å². The Balaban J connectivity index is 2.29. The maximum absolute atomic E-state index is 11.6. The Hall–Kier alpha value is -0.770. The number of carbonyl (C=O) groups is 1. The van der Waals surface area contributed by atoms with Crippen molar-refractivity contribution in [3.05, 3.63) is 0 Å². The number of aliphatic hydroxyl groups is 1. The van der Waals surface area contributed by atoms with Crippen LogP contribution in [0.25, 0.3) is 0 Å². The Morgan fingerprint density at radius 3 is 2.93 bits per heavy atom. The van der Waals surface area contributed by atoms with Gasteiger partial charge < -0.3 is 15.3 Å². The van der Waals surface area contributed by atoms with Crippen LogP contribution in [0, 0.1) is 5.92 Å². The predicted octanol–water partition coefficient (Wildman–Crippen LogP) is 0.809. The Morgan fingerprint density at radius 2 is 2.36 bits per heavy atom. The molecule has 2 amide bonds. The van der Waals surface area contributed by atoms with Gasteiger partial charge in [0.1, 0.15) is 0 Å². The fourth-order valence-corrected chi connectivity index (χ4v) is 1.54. The molecule has 0 saturated carbocycles. The minimum Gasteiger partial charge on any atom is -0.391 e. The molecule has 1 unspecified atom stereocenters. The molecule has 1 rings (SSSR count). The first-order valence-electron chi connectivity index (χ1n) is 5.30. The summed E-state index contributed by atoms with van der Waals surface area (Å²) in [7, 11) is 0. The van der Waals surface area contributed by atoms with Crippen LogP contribution in [0.4, 0.5) is 4.79 Å². The third-order valence-electron chi connectivity index (χ3n) is 2.35. The molecule has 2 N–H and O–H groups in total. The molecule has 4 heteroatoms. The summed E-state index contributed by atoms with van der Waals surface area (Å²) in [6.45, 7) is 6.06. The second-order valence-electron chi connectivity index (χ2n) is 4.32. The number of nitrogens with zero attached hydrogens (tertiary/aromatic N) is 1. The first kappa shape index (κ1) is 11.3. The number of piperidine rings is 1. The lowest BCUT2D eigenvalue weighted by molar-refractivity contribution is 0.0841. The van der Waals surface area contributed by atoms with E-state index in [1.54, 1.807) is 4.90 Å². The highest BCUT2D eigenvalue weighted by atomic mass is 16.3. The number of β-amino-alcohol motifs (C(OH)–C–C–N with tert-alkyl or cyclic N) is 1. The Bertz CT molecular complexity index is 195. The first-order valence-corrected chi connectivity index (χ1v) is 5.30. The fraction of sp³-hybridized carbons (Fsp3) is 0.900. The van der Waals surface area contributed by atoms with Crippen LogP contribution >= 0.6 is 0 Å². The van der Waals surface area contributed by atoms with Crippen LogP contribution in [0.15, 0.2) is 0 Å². The minimum atomic E-state index is -0.339. The molecule has 1 atom stereocenters. The van der Waals surface area contributed by atoms with E-state index in [0.717, 1.165) is 19.4 Å². The number of likely N-dealkylation sites (tertiary alicyclic amines) is 1. The topological polar surface area (TPSA) is 52.6 Å². The van der Waals surface area contributed by atoms with Crippen molar-refractivity contribution in [2.75, 3.05) is 19.6 Å². The Morgan fingerprint density at radius 1 is 1.64 bits per heavy atom. The van der Waals surface area contributed by atoms with Crippen molar-refractivity contribution in [3.8, 4) is 0 Å². The van der Waals surface area contributed by atoms with E-state index < -0.39 is 0 Å². The molecule has 4 nitrogen and oxygen atoms in total. The summed E-state index contributed by atoms with van der Waals surface area (Å²) in [5, 5.41) is 12.2. The van der Waals surface area contributed by atoms with Crippen molar-refractivity contribution < 1.29 is 9.90 Å². The van der Waals surface area contributed by atoms with E-state index in [9.17, 15) is 9.90 Å². The van der Waals surface area contributed by atoms with Gasteiger partial charge in [-0.05, 0) is 18.8 Å².